The first-order chi connectivity index (χ1) is 32.9. The number of hydrogen-bond acceptors (Lipinski definition) is 3. The van der Waals surface area contributed by atoms with Crippen LogP contribution in [0.3, 0.4) is 0 Å². The average molecular weight is 975 g/mol. The molecule has 374 valence electrons. The van der Waals surface area contributed by atoms with Crippen LogP contribution in [0.15, 0.2) is 84.9 Å². The Morgan fingerprint density at radius 2 is 1.17 bits per heavy atom. The van der Waals surface area contributed by atoms with Crippen molar-refractivity contribution in [1.29, 1.82) is 0 Å². The molecular weight excluding hydrogens is 897 g/mol. The van der Waals surface area contributed by atoms with Crippen molar-refractivity contribution < 1.29 is 13.2 Å². The monoisotopic (exact) mass is 975 g/mol. The zero-order valence-electron chi connectivity index (χ0n) is 45.6. The van der Waals surface area contributed by atoms with E-state index >= 15 is 13.2 Å². The van der Waals surface area contributed by atoms with Gasteiger partial charge in [0.05, 0.1) is 11.3 Å². The topological polar surface area (TPSA) is 6.48 Å². The lowest BCUT2D eigenvalue weighted by molar-refractivity contribution is -0.137. The predicted molar refractivity (Wildman–Crippen MR) is 298 cm³/mol. The van der Waals surface area contributed by atoms with Crippen LogP contribution in [-0.2, 0) is 33.3 Å². The molecule has 2 fully saturated rings. The van der Waals surface area contributed by atoms with E-state index < -0.39 is 11.7 Å². The second kappa shape index (κ2) is 15.5. The smallest absolute Gasteiger partial charge is 0.338 e. The first-order valence-electron chi connectivity index (χ1n) is 26.9. The van der Waals surface area contributed by atoms with Gasteiger partial charge in [-0.25, -0.2) is 0 Å². The van der Waals surface area contributed by atoms with E-state index in [2.05, 4.69) is 205 Å². The lowest BCUT2D eigenvalue weighted by Crippen LogP contribution is -2.67. The third-order valence-corrected chi connectivity index (χ3v) is 21.6. The fraction of sp³-hybridized carbons (Fsp3) is 0.531. The van der Waals surface area contributed by atoms with Crippen LogP contribution in [0.4, 0.5) is 41.6 Å². The van der Waals surface area contributed by atoms with Crippen molar-refractivity contribution in [2.45, 2.75) is 199 Å². The van der Waals surface area contributed by atoms with E-state index in [4.69, 9.17) is 0 Å². The Hall–Kier alpha value is -4.10. The Labute approximate surface area is 429 Å². The van der Waals surface area contributed by atoms with Crippen LogP contribution in [0.5, 0.6) is 0 Å². The number of alkyl halides is 3. The Kier molecular flexibility index (Phi) is 10.7. The van der Waals surface area contributed by atoms with Crippen LogP contribution in [0.1, 0.15) is 181 Å². The normalized spacial score (nSPS) is 25.9. The lowest BCUT2D eigenvalue weighted by atomic mass is 9.32. The predicted octanol–water partition coefficient (Wildman–Crippen LogP) is 17.1. The standard InChI is InChI=1S/C64H78BF3N2S/c1-37-32-39(57(2,3)4)22-25-46(37)69-48-33-40(64(66,67)68)34-49-52(48)65(56-54(69)51-55(71-56)63(15,16)31-30-62(51,13)14)45-24-23-42-50(61(11,12)29-28-58(42,5)6)53(45)70(49)47-36-44-43(59(7,8)26-27-60(44,9)10)35-41(47)38-20-18-17-19-21-38/h17-25,32-36,51,54-56H,26-31H2,1-16H3. The summed E-state index contributed by atoms with van der Waals surface area (Å²) in [4.78, 5) is 4.90. The number of anilines is 5. The van der Waals surface area contributed by atoms with Crippen molar-refractivity contribution in [1.82, 2.24) is 0 Å². The zero-order valence-corrected chi connectivity index (χ0v) is 46.5. The van der Waals surface area contributed by atoms with Crippen molar-refractivity contribution in [3.63, 3.8) is 0 Å². The number of aryl methyl sites for hydroxylation is 1. The minimum Gasteiger partial charge on any atom is -0.338 e. The van der Waals surface area contributed by atoms with Crippen molar-refractivity contribution in [2.75, 3.05) is 9.80 Å². The van der Waals surface area contributed by atoms with Crippen molar-refractivity contribution >= 4 is 57.8 Å². The second-order valence-electron chi connectivity index (χ2n) is 28.1. The molecule has 0 spiro atoms. The summed E-state index contributed by atoms with van der Waals surface area (Å²) in [6, 6.07) is 30.4. The van der Waals surface area contributed by atoms with E-state index in [1.54, 1.807) is 12.1 Å². The maximum Gasteiger partial charge on any atom is 0.416 e. The Morgan fingerprint density at radius 3 is 1.79 bits per heavy atom. The molecule has 3 heterocycles. The third kappa shape index (κ3) is 7.39. The number of rotatable bonds is 3. The van der Waals surface area contributed by atoms with E-state index in [-0.39, 0.29) is 61.7 Å². The molecule has 0 aromatic heterocycles. The van der Waals surface area contributed by atoms with Crippen LogP contribution in [0.2, 0.25) is 0 Å². The van der Waals surface area contributed by atoms with Gasteiger partial charge in [-0.3, -0.25) is 0 Å². The molecule has 71 heavy (non-hydrogen) atoms. The highest BCUT2D eigenvalue weighted by Gasteiger charge is 2.65. The molecule has 3 aliphatic carbocycles. The summed E-state index contributed by atoms with van der Waals surface area (Å²) in [7, 11) is 0. The quantitative estimate of drug-likeness (QED) is 0.166. The number of benzene rings is 5. The molecule has 6 aliphatic rings. The average Bonchev–Trinajstić information content (AvgIpc) is 3.71. The van der Waals surface area contributed by atoms with Gasteiger partial charge >= 0.3 is 6.18 Å². The van der Waals surface area contributed by atoms with Gasteiger partial charge in [0.15, 0.2) is 0 Å². The SMILES string of the molecule is Cc1cc(C(C)(C)C)ccc1N1c2cc(C(F)(F)F)cc3c2B(c2ccc4c(c2N3c2cc3c(cc2-c2ccccc2)C(C)(C)CCC3(C)C)C(C)(C)CCC4(C)C)C2SC3C(C21)C(C)(C)CCC3(C)C. The van der Waals surface area contributed by atoms with Gasteiger partial charge in [0, 0.05) is 44.8 Å². The third-order valence-electron chi connectivity index (χ3n) is 19.5. The van der Waals surface area contributed by atoms with Gasteiger partial charge in [-0.15, -0.1) is 0 Å². The lowest BCUT2D eigenvalue weighted by Gasteiger charge is -2.55. The maximum atomic E-state index is 16.4. The molecule has 4 unspecified atom stereocenters. The van der Waals surface area contributed by atoms with Crippen molar-refractivity contribution in [3.8, 4) is 11.1 Å². The summed E-state index contributed by atoms with van der Waals surface area (Å²) in [6.07, 6.45) is 1.75. The van der Waals surface area contributed by atoms with Crippen LogP contribution in [0.25, 0.3) is 11.1 Å². The van der Waals surface area contributed by atoms with Crippen molar-refractivity contribution in [3.05, 3.63) is 124 Å². The summed E-state index contributed by atoms with van der Waals surface area (Å²) >= 11 is 2.18. The molecule has 0 radical (unpaired) electrons. The Balaban J connectivity index is 1.33. The van der Waals surface area contributed by atoms with Crippen LogP contribution < -0.4 is 20.7 Å². The molecule has 2 nitrogen and oxygen atoms in total. The molecule has 0 bridgehead atoms. The largest absolute Gasteiger partial charge is 0.416 e. The van der Waals surface area contributed by atoms with Crippen molar-refractivity contribution in [2.24, 2.45) is 16.7 Å². The molecule has 1 saturated carbocycles. The molecule has 11 rings (SSSR count). The van der Waals surface area contributed by atoms with E-state index in [0.717, 1.165) is 83.4 Å². The van der Waals surface area contributed by atoms with Gasteiger partial charge in [0.1, 0.15) is 0 Å². The summed E-state index contributed by atoms with van der Waals surface area (Å²) in [5, 5.41) is 0.407. The Bertz CT molecular complexity index is 3010. The highest BCUT2D eigenvalue weighted by Crippen LogP contribution is 2.66. The van der Waals surface area contributed by atoms with E-state index in [9.17, 15) is 0 Å². The molecule has 4 atom stereocenters. The minimum atomic E-state index is -4.60. The number of hydrogen-bond donors (Lipinski definition) is 0. The van der Waals surface area contributed by atoms with Gasteiger partial charge in [-0.1, -0.05) is 158 Å². The Morgan fingerprint density at radius 1 is 0.577 bits per heavy atom. The van der Waals surface area contributed by atoms with E-state index in [1.165, 1.54) is 33.3 Å². The van der Waals surface area contributed by atoms with Crippen LogP contribution in [-0.4, -0.2) is 23.2 Å². The van der Waals surface area contributed by atoms with E-state index in [0.29, 0.717) is 10.9 Å². The molecule has 5 aromatic rings. The number of thioether (sulfide) groups is 1. The van der Waals surface area contributed by atoms with Crippen LogP contribution in [0, 0.1) is 23.7 Å². The van der Waals surface area contributed by atoms with Gasteiger partial charge in [0.2, 0.25) is 6.71 Å². The fourth-order valence-corrected chi connectivity index (χ4v) is 17.3. The van der Waals surface area contributed by atoms with Gasteiger partial charge in [0.25, 0.3) is 0 Å². The summed E-state index contributed by atoms with van der Waals surface area (Å²) in [5.74, 6) is 0.236. The summed E-state index contributed by atoms with van der Waals surface area (Å²) in [6.45, 7) is 37.8. The summed E-state index contributed by atoms with van der Waals surface area (Å²) in [5.41, 5.74) is 15.4. The van der Waals surface area contributed by atoms with Crippen LogP contribution >= 0.6 is 11.8 Å². The van der Waals surface area contributed by atoms with E-state index in [1.807, 2.05) is 0 Å². The zero-order chi connectivity index (χ0) is 51.1. The first kappa shape index (κ1) is 49.1. The molecule has 7 heteroatoms. The maximum absolute atomic E-state index is 16.4. The second-order valence-corrected chi connectivity index (χ2v) is 29.4. The highest BCUT2D eigenvalue weighted by atomic mass is 32.2. The number of nitrogens with zero attached hydrogens (tertiary/aromatic N) is 2. The molecule has 1 saturated heterocycles. The highest BCUT2D eigenvalue weighted by molar-refractivity contribution is 8.02. The van der Waals surface area contributed by atoms with Gasteiger partial charge in [-0.05, 0) is 169 Å². The fourth-order valence-electron chi connectivity index (χ4n) is 14.9. The molecule has 5 aromatic carbocycles. The molecule has 3 aliphatic heterocycles. The molecule has 0 amide bonds. The molecule has 0 N–H and O–H groups in total. The van der Waals surface area contributed by atoms with Gasteiger partial charge < -0.3 is 9.80 Å². The van der Waals surface area contributed by atoms with Gasteiger partial charge in [-0.2, -0.15) is 24.9 Å². The minimum absolute atomic E-state index is 0.0359. The number of halogens is 3. The summed E-state index contributed by atoms with van der Waals surface area (Å²) < 4.78 is 49.1. The molecular formula is C64H78BF3N2S. The first-order valence-corrected chi connectivity index (χ1v) is 27.8. The number of fused-ring (bicyclic) bond motifs is 9.